The molecule has 0 spiro atoms. The largest absolute Gasteiger partial charge is 0.376 e. The molecule has 1 atom stereocenters. The van der Waals surface area contributed by atoms with E-state index in [2.05, 4.69) is 5.32 Å². The number of anilines is 1. The van der Waals surface area contributed by atoms with E-state index in [1.165, 1.54) is 4.90 Å². The average Bonchev–Trinajstić information content (AvgIpc) is 3.59. The third-order valence-electron chi connectivity index (χ3n) is 6.51. The Bertz CT molecular complexity index is 1410. The summed E-state index contributed by atoms with van der Waals surface area (Å²) in [6.07, 6.45) is 3.55. The lowest BCUT2D eigenvalue weighted by Gasteiger charge is -2.25. The molecule has 38 heavy (non-hydrogen) atoms. The van der Waals surface area contributed by atoms with Crippen molar-refractivity contribution in [2.24, 2.45) is 0 Å². The number of amides is 2. The van der Waals surface area contributed by atoms with Gasteiger partial charge in [0.05, 0.1) is 22.4 Å². The fourth-order valence-electron chi connectivity index (χ4n) is 4.51. The standard InChI is InChI=1S/C30H29ClN4O3/c1-21-13-15-23(16-14-21)35-19-27(22-8-3-2-4-9-22)32-30(35)33-28(36)20-34(18-24-10-7-17-38-24)29(37)25-11-5-6-12-26(25)31/h2-6,8-9,11-16,19,24H,7,10,17-18,20H2,1H3,(H,32,33,36). The molecule has 0 saturated carbocycles. The van der Waals surface area contributed by atoms with Gasteiger partial charge >= 0.3 is 0 Å². The minimum absolute atomic E-state index is 0.117. The summed E-state index contributed by atoms with van der Waals surface area (Å²) in [5.41, 5.74) is 4.01. The van der Waals surface area contributed by atoms with Crippen LogP contribution < -0.4 is 5.32 Å². The van der Waals surface area contributed by atoms with Crippen molar-refractivity contribution in [1.82, 2.24) is 14.5 Å². The van der Waals surface area contributed by atoms with Crippen LogP contribution in [0.1, 0.15) is 28.8 Å². The normalized spacial score (nSPS) is 14.8. The fourth-order valence-corrected chi connectivity index (χ4v) is 4.73. The summed E-state index contributed by atoms with van der Waals surface area (Å²) < 4.78 is 7.61. The van der Waals surface area contributed by atoms with Crippen LogP contribution in [0.15, 0.2) is 85.1 Å². The minimum atomic E-state index is -0.359. The SMILES string of the molecule is Cc1ccc(-n2cc(-c3ccccc3)nc2NC(=O)CN(CC2CCCO2)C(=O)c2ccccc2Cl)cc1. The number of hydrogen-bond acceptors (Lipinski definition) is 4. The van der Waals surface area contributed by atoms with Gasteiger partial charge in [-0.05, 0) is 44.0 Å². The quantitative estimate of drug-likeness (QED) is 0.315. The predicted octanol–water partition coefficient (Wildman–Crippen LogP) is 5.76. The summed E-state index contributed by atoms with van der Waals surface area (Å²) in [5.74, 6) is -0.296. The molecule has 1 aliphatic rings. The molecule has 0 bridgehead atoms. The second-order valence-electron chi connectivity index (χ2n) is 9.37. The monoisotopic (exact) mass is 528 g/mol. The van der Waals surface area contributed by atoms with Crippen LogP contribution in [0.2, 0.25) is 5.02 Å². The number of halogens is 1. The highest BCUT2D eigenvalue weighted by Crippen LogP contribution is 2.25. The molecular weight excluding hydrogens is 500 g/mol. The maximum atomic E-state index is 13.4. The van der Waals surface area contributed by atoms with E-state index in [-0.39, 0.29) is 24.5 Å². The molecule has 4 aromatic rings. The summed E-state index contributed by atoms with van der Waals surface area (Å²) >= 11 is 6.31. The first-order valence-corrected chi connectivity index (χ1v) is 13.0. The zero-order valence-corrected chi connectivity index (χ0v) is 21.9. The number of carbonyl (C=O) groups is 2. The number of benzene rings is 3. The number of nitrogens with one attached hydrogen (secondary N) is 1. The topological polar surface area (TPSA) is 76.5 Å². The molecule has 1 aromatic heterocycles. The van der Waals surface area contributed by atoms with Gasteiger partial charge < -0.3 is 9.64 Å². The number of ether oxygens (including phenoxy) is 1. The van der Waals surface area contributed by atoms with Gasteiger partial charge in [0.15, 0.2) is 0 Å². The lowest BCUT2D eigenvalue weighted by atomic mass is 10.1. The first kappa shape index (κ1) is 25.7. The first-order valence-electron chi connectivity index (χ1n) is 12.6. The van der Waals surface area contributed by atoms with Crippen LogP contribution in [0.5, 0.6) is 0 Å². The van der Waals surface area contributed by atoms with Gasteiger partial charge in [0, 0.05) is 30.6 Å². The molecule has 1 unspecified atom stereocenters. The molecule has 2 heterocycles. The molecule has 1 saturated heterocycles. The highest BCUT2D eigenvalue weighted by molar-refractivity contribution is 6.33. The van der Waals surface area contributed by atoms with E-state index in [1.54, 1.807) is 24.3 Å². The Labute approximate surface area is 227 Å². The third kappa shape index (κ3) is 5.96. The van der Waals surface area contributed by atoms with Gasteiger partial charge in [-0.15, -0.1) is 0 Å². The van der Waals surface area contributed by atoms with E-state index in [0.717, 1.165) is 35.3 Å². The van der Waals surface area contributed by atoms with Crippen molar-refractivity contribution in [2.45, 2.75) is 25.9 Å². The first-order chi connectivity index (χ1) is 18.5. The molecule has 1 fully saturated rings. The van der Waals surface area contributed by atoms with Gasteiger partial charge in [-0.2, -0.15) is 0 Å². The highest BCUT2D eigenvalue weighted by Gasteiger charge is 2.27. The Morgan fingerprint density at radius 2 is 1.79 bits per heavy atom. The van der Waals surface area contributed by atoms with E-state index in [0.29, 0.717) is 29.7 Å². The van der Waals surface area contributed by atoms with Crippen molar-refractivity contribution in [3.63, 3.8) is 0 Å². The van der Waals surface area contributed by atoms with Gasteiger partial charge in [0.1, 0.15) is 6.54 Å². The molecule has 8 heteroatoms. The van der Waals surface area contributed by atoms with Crippen LogP contribution in [0.4, 0.5) is 5.95 Å². The Morgan fingerprint density at radius 3 is 2.50 bits per heavy atom. The third-order valence-corrected chi connectivity index (χ3v) is 6.84. The zero-order chi connectivity index (χ0) is 26.5. The summed E-state index contributed by atoms with van der Waals surface area (Å²) in [6.45, 7) is 2.82. The van der Waals surface area contributed by atoms with E-state index >= 15 is 0 Å². The van der Waals surface area contributed by atoms with Crippen LogP contribution in [0.3, 0.4) is 0 Å². The van der Waals surface area contributed by atoms with Crippen molar-refractivity contribution in [3.05, 3.63) is 101 Å². The van der Waals surface area contributed by atoms with Crippen LogP contribution >= 0.6 is 11.6 Å². The number of hydrogen-bond donors (Lipinski definition) is 1. The smallest absolute Gasteiger partial charge is 0.255 e. The molecule has 7 nitrogen and oxygen atoms in total. The number of aryl methyl sites for hydroxylation is 1. The minimum Gasteiger partial charge on any atom is -0.376 e. The molecule has 3 aromatic carbocycles. The fraction of sp³-hybridized carbons (Fsp3) is 0.233. The van der Waals surface area contributed by atoms with Gasteiger partial charge in [-0.25, -0.2) is 4.98 Å². The lowest BCUT2D eigenvalue weighted by Crippen LogP contribution is -2.42. The molecule has 2 amide bonds. The highest BCUT2D eigenvalue weighted by atomic mass is 35.5. The van der Waals surface area contributed by atoms with Crippen LogP contribution in [0.25, 0.3) is 16.9 Å². The van der Waals surface area contributed by atoms with Crippen molar-refractivity contribution in [3.8, 4) is 16.9 Å². The maximum Gasteiger partial charge on any atom is 0.255 e. The van der Waals surface area contributed by atoms with Crippen LogP contribution in [-0.2, 0) is 9.53 Å². The molecule has 1 aliphatic heterocycles. The van der Waals surface area contributed by atoms with Gasteiger partial charge in [-0.3, -0.25) is 19.5 Å². The average molecular weight is 529 g/mol. The Hall–Kier alpha value is -3.94. The number of rotatable bonds is 8. The molecular formula is C30H29ClN4O3. The summed E-state index contributed by atoms with van der Waals surface area (Å²) in [6, 6.07) is 24.6. The number of imidazole rings is 1. The number of aromatic nitrogens is 2. The number of carbonyl (C=O) groups excluding carboxylic acids is 2. The Morgan fingerprint density at radius 1 is 1.05 bits per heavy atom. The van der Waals surface area contributed by atoms with Gasteiger partial charge in [-0.1, -0.05) is 71.8 Å². The lowest BCUT2D eigenvalue weighted by molar-refractivity contribution is -0.117. The van der Waals surface area contributed by atoms with E-state index in [4.69, 9.17) is 21.3 Å². The van der Waals surface area contributed by atoms with E-state index < -0.39 is 0 Å². The zero-order valence-electron chi connectivity index (χ0n) is 21.1. The van der Waals surface area contributed by atoms with Crippen molar-refractivity contribution in [2.75, 3.05) is 25.0 Å². The number of nitrogens with zero attached hydrogens (tertiary/aromatic N) is 3. The molecule has 194 valence electrons. The van der Waals surface area contributed by atoms with Crippen molar-refractivity contribution >= 4 is 29.4 Å². The second-order valence-corrected chi connectivity index (χ2v) is 9.78. The second kappa shape index (κ2) is 11.6. The summed E-state index contributed by atoms with van der Waals surface area (Å²) in [4.78, 5) is 33.0. The van der Waals surface area contributed by atoms with Crippen LogP contribution in [0, 0.1) is 6.92 Å². The van der Waals surface area contributed by atoms with Crippen molar-refractivity contribution in [1.29, 1.82) is 0 Å². The van der Waals surface area contributed by atoms with Crippen molar-refractivity contribution < 1.29 is 14.3 Å². The van der Waals surface area contributed by atoms with E-state index in [9.17, 15) is 9.59 Å². The van der Waals surface area contributed by atoms with E-state index in [1.807, 2.05) is 72.3 Å². The van der Waals surface area contributed by atoms with Gasteiger partial charge in [0.25, 0.3) is 5.91 Å². The Kier molecular flexibility index (Phi) is 7.86. The predicted molar refractivity (Wildman–Crippen MR) is 149 cm³/mol. The maximum absolute atomic E-state index is 13.4. The summed E-state index contributed by atoms with van der Waals surface area (Å²) in [7, 11) is 0. The van der Waals surface area contributed by atoms with Crippen LogP contribution in [-0.4, -0.2) is 52.1 Å². The summed E-state index contributed by atoms with van der Waals surface area (Å²) in [5, 5.41) is 3.28. The molecule has 0 aliphatic carbocycles. The molecule has 1 N–H and O–H groups in total. The molecule has 0 radical (unpaired) electrons. The molecule has 5 rings (SSSR count). The van der Waals surface area contributed by atoms with Gasteiger partial charge in [0.2, 0.25) is 11.9 Å². The Balaban J connectivity index is 1.41.